The van der Waals surface area contributed by atoms with E-state index in [4.69, 9.17) is 0 Å². The number of allylic oxidation sites excluding steroid dienone is 5. The van der Waals surface area contributed by atoms with Gasteiger partial charge < -0.3 is 9.80 Å². The molecule has 3 aliphatic rings. The number of benzene rings is 15. The van der Waals surface area contributed by atoms with Crippen molar-refractivity contribution < 1.29 is 0 Å². The monoisotopic (exact) mass is 1250 g/mol. The van der Waals surface area contributed by atoms with Crippen molar-refractivity contribution in [3.63, 3.8) is 0 Å². The van der Waals surface area contributed by atoms with Gasteiger partial charge in [0.2, 0.25) is 0 Å². The summed E-state index contributed by atoms with van der Waals surface area (Å²) in [5.74, 6) is 0. The Balaban J connectivity index is 0.840. The molecule has 0 saturated carbocycles. The van der Waals surface area contributed by atoms with Gasteiger partial charge in [0.15, 0.2) is 0 Å². The first-order valence-corrected chi connectivity index (χ1v) is 34.3. The number of hydrogen-bond acceptors (Lipinski definition) is 2. The average molecular weight is 1250 g/mol. The molecule has 0 N–H and O–H groups in total. The van der Waals surface area contributed by atoms with Crippen molar-refractivity contribution in [3.8, 4) is 33.4 Å². The summed E-state index contributed by atoms with van der Waals surface area (Å²) in [4.78, 5) is 5.08. The summed E-state index contributed by atoms with van der Waals surface area (Å²) >= 11 is 0. The van der Waals surface area contributed by atoms with Crippen LogP contribution in [0.1, 0.15) is 68.5 Å². The van der Waals surface area contributed by atoms with Crippen LogP contribution < -0.4 is 9.80 Å². The normalized spacial score (nSPS) is 15.9. The smallest absolute Gasteiger partial charge is 0.0714 e. The lowest BCUT2D eigenvalue weighted by atomic mass is 9.65. The molecule has 3 aliphatic carbocycles. The Hall–Kier alpha value is -12.1. The highest BCUT2D eigenvalue weighted by Gasteiger charge is 2.49. The van der Waals surface area contributed by atoms with E-state index in [1.807, 2.05) is 12.2 Å². The molecule has 15 aromatic carbocycles. The maximum atomic E-state index is 4.20. The van der Waals surface area contributed by atoms with Crippen molar-refractivity contribution >= 4 is 83.3 Å². The second-order valence-electron chi connectivity index (χ2n) is 26.8. The molecule has 464 valence electrons. The molecule has 0 amide bonds. The highest BCUT2D eigenvalue weighted by Crippen LogP contribution is 2.61. The van der Waals surface area contributed by atoms with E-state index in [0.29, 0.717) is 0 Å². The van der Waals surface area contributed by atoms with Gasteiger partial charge in [-0.1, -0.05) is 321 Å². The van der Waals surface area contributed by atoms with Crippen molar-refractivity contribution in [2.24, 2.45) is 0 Å². The van der Waals surface area contributed by atoms with Crippen molar-refractivity contribution in [3.05, 3.63) is 414 Å². The van der Waals surface area contributed by atoms with Crippen molar-refractivity contribution in [2.45, 2.75) is 37.5 Å². The van der Waals surface area contributed by atoms with Crippen LogP contribution in [0.15, 0.2) is 358 Å². The number of fused-ring (bicyclic) bond motifs is 10. The van der Waals surface area contributed by atoms with E-state index in [1.54, 1.807) is 0 Å². The second-order valence-corrected chi connectivity index (χ2v) is 26.8. The molecule has 2 atom stereocenters. The molecule has 0 heterocycles. The highest BCUT2D eigenvalue weighted by molar-refractivity contribution is 6.15. The van der Waals surface area contributed by atoms with E-state index >= 15 is 0 Å². The largest absolute Gasteiger partial charge is 0.309 e. The van der Waals surface area contributed by atoms with Crippen molar-refractivity contribution in [1.82, 2.24) is 0 Å². The molecule has 2 unspecified atom stereocenters. The van der Waals surface area contributed by atoms with Crippen LogP contribution in [0, 0.1) is 13.8 Å². The summed E-state index contributed by atoms with van der Waals surface area (Å²) < 4.78 is 0. The van der Waals surface area contributed by atoms with Gasteiger partial charge in [0, 0.05) is 32.9 Å². The minimum Gasteiger partial charge on any atom is -0.309 e. The van der Waals surface area contributed by atoms with Crippen LogP contribution in [0.3, 0.4) is 0 Å². The van der Waals surface area contributed by atoms with E-state index in [-0.39, 0.29) is 0 Å². The standard InChI is InChI=1S/C96H70N2/c1-5-65-41-49-71(50-42-65)95(69-45-37-63(3)38-46-69)87-33-17-15-29-81(87)83-55-53-73(61-89(83)95)97(91-35-19-23-67-21-7-9-25-75(67)91)93-59-57-79(77-27-11-13-31-85(77)93)80-58-60-94(86-32-14-12-28-78(80)86)98(92-36-20-24-68-22-8-10-26-76(68)92)74-54-56-84-82-30-16-18-34-88(82)96(90(84)62-74,70-47-39-64(4)40-48-70)72-51-43-66(6-2)44-52-72/h5-43,45-51,53-62H,1-2,44,52H2,3-4H3. The van der Waals surface area contributed by atoms with Gasteiger partial charge in [0.05, 0.1) is 33.6 Å². The predicted molar refractivity (Wildman–Crippen MR) is 415 cm³/mol. The van der Waals surface area contributed by atoms with Crippen molar-refractivity contribution in [2.75, 3.05) is 9.80 Å². The van der Waals surface area contributed by atoms with Crippen LogP contribution >= 0.6 is 0 Å². The third-order valence-electron chi connectivity index (χ3n) is 21.6. The quantitative estimate of drug-likeness (QED) is 0.114. The van der Waals surface area contributed by atoms with Crippen molar-refractivity contribution in [1.29, 1.82) is 0 Å². The Morgan fingerprint density at radius 1 is 0.296 bits per heavy atom. The number of hydrogen-bond donors (Lipinski definition) is 0. The molecule has 18 rings (SSSR count). The van der Waals surface area contributed by atoms with E-state index in [0.717, 1.165) is 63.3 Å². The maximum Gasteiger partial charge on any atom is 0.0714 e. The third-order valence-corrected chi connectivity index (χ3v) is 21.6. The molecule has 0 fully saturated rings. The third kappa shape index (κ3) is 8.94. The molecule has 0 saturated heterocycles. The van der Waals surface area contributed by atoms with E-state index in [2.05, 4.69) is 364 Å². The van der Waals surface area contributed by atoms with Gasteiger partial charge in [0.1, 0.15) is 0 Å². The van der Waals surface area contributed by atoms with E-state index in [1.165, 1.54) is 127 Å². The van der Waals surface area contributed by atoms with Gasteiger partial charge in [-0.05, 0) is 180 Å². The van der Waals surface area contributed by atoms with E-state index in [9.17, 15) is 0 Å². The summed E-state index contributed by atoms with van der Waals surface area (Å²) in [5.41, 5.74) is 27.9. The SMILES string of the molecule is C=CC1=CC=C(C2(c3ccc(C)cc3)c3ccccc3-c3ccc(N(c4cccc5ccccc45)c4ccc(-c5ccc(N(c6ccc7c(c6)C(c6ccc(C)cc6)(c6ccc(C=C)cc6)c6ccccc6-7)c6cccc7ccccc67)c6ccccc56)c5ccccc45)cc32)CC1. The van der Waals surface area contributed by atoms with Crippen LogP contribution in [-0.2, 0) is 10.8 Å². The Morgan fingerprint density at radius 3 is 1.16 bits per heavy atom. The molecule has 98 heavy (non-hydrogen) atoms. The van der Waals surface area contributed by atoms with Crippen LogP contribution in [0.2, 0.25) is 0 Å². The summed E-state index contributed by atoms with van der Waals surface area (Å²) in [7, 11) is 0. The number of rotatable bonds is 13. The first kappa shape index (κ1) is 58.5. The molecule has 2 nitrogen and oxygen atoms in total. The zero-order valence-electron chi connectivity index (χ0n) is 55.1. The summed E-state index contributed by atoms with van der Waals surface area (Å²) in [6.07, 6.45) is 10.5. The molecular weight excluding hydrogens is 1180 g/mol. The van der Waals surface area contributed by atoms with Crippen LogP contribution in [0.4, 0.5) is 34.1 Å². The van der Waals surface area contributed by atoms with Gasteiger partial charge in [-0.3, -0.25) is 0 Å². The Morgan fingerprint density at radius 2 is 0.684 bits per heavy atom. The molecule has 0 bridgehead atoms. The highest BCUT2D eigenvalue weighted by atomic mass is 15.2. The van der Waals surface area contributed by atoms with Gasteiger partial charge in [0.25, 0.3) is 0 Å². The fraction of sp³-hybridized carbons (Fsp3) is 0.0625. The van der Waals surface area contributed by atoms with Gasteiger partial charge >= 0.3 is 0 Å². The summed E-state index contributed by atoms with van der Waals surface area (Å²) in [6, 6.07) is 119. The zero-order chi connectivity index (χ0) is 65.6. The number of anilines is 6. The van der Waals surface area contributed by atoms with Gasteiger partial charge in [-0.25, -0.2) is 0 Å². The molecule has 0 aliphatic heterocycles. The first-order chi connectivity index (χ1) is 48.3. The predicted octanol–water partition coefficient (Wildman–Crippen LogP) is 25.7. The van der Waals surface area contributed by atoms with Crippen LogP contribution in [0.5, 0.6) is 0 Å². The molecule has 0 radical (unpaired) electrons. The van der Waals surface area contributed by atoms with Gasteiger partial charge in [-0.15, -0.1) is 0 Å². The fourth-order valence-corrected chi connectivity index (χ4v) is 17.1. The van der Waals surface area contributed by atoms with E-state index < -0.39 is 10.8 Å². The second kappa shape index (κ2) is 23.4. The number of nitrogens with zero attached hydrogens (tertiary/aromatic N) is 2. The molecule has 15 aromatic rings. The summed E-state index contributed by atoms with van der Waals surface area (Å²) in [5, 5.41) is 9.38. The minimum atomic E-state index is -0.624. The summed E-state index contributed by atoms with van der Waals surface area (Å²) in [6.45, 7) is 12.7. The molecule has 0 spiro atoms. The fourth-order valence-electron chi connectivity index (χ4n) is 17.1. The van der Waals surface area contributed by atoms with Gasteiger partial charge in [-0.2, -0.15) is 0 Å². The molecule has 2 heteroatoms. The lowest BCUT2D eigenvalue weighted by molar-refractivity contribution is 0.687. The molecule has 0 aromatic heterocycles. The van der Waals surface area contributed by atoms with Crippen LogP contribution in [0.25, 0.3) is 82.5 Å². The topological polar surface area (TPSA) is 6.48 Å². The molecular formula is C96H70N2. The zero-order valence-corrected chi connectivity index (χ0v) is 55.1. The number of aryl methyl sites for hydroxylation is 2. The maximum absolute atomic E-state index is 4.20. The lowest BCUT2D eigenvalue weighted by Gasteiger charge is -2.38. The lowest BCUT2D eigenvalue weighted by Crippen LogP contribution is -2.30. The van der Waals surface area contributed by atoms with Crippen LogP contribution in [-0.4, -0.2) is 0 Å². The first-order valence-electron chi connectivity index (χ1n) is 34.3. The minimum absolute atomic E-state index is 0.539. The Kier molecular flexibility index (Phi) is 13.9. The average Bonchev–Trinajstić information content (AvgIpc) is 1.53. The Labute approximate surface area is 574 Å². The Bertz CT molecular complexity index is 5810.